The number of hydrogen-bond acceptors (Lipinski definition) is 7. The van der Waals surface area contributed by atoms with Crippen LogP contribution in [-0.4, -0.2) is 105 Å². The number of benzene rings is 1. The monoisotopic (exact) mass is 570 g/mol. The molecule has 1 amide bonds. The number of nitrogens with zero attached hydrogens (tertiary/aromatic N) is 4. The van der Waals surface area contributed by atoms with Crippen molar-refractivity contribution in [1.29, 1.82) is 0 Å². The first-order chi connectivity index (χ1) is 17.8. The summed E-state index contributed by atoms with van der Waals surface area (Å²) in [6.07, 6.45) is 4.55. The zero-order valence-electron chi connectivity index (χ0n) is 20.8. The van der Waals surface area contributed by atoms with Gasteiger partial charge in [-0.1, -0.05) is 23.2 Å². The second kappa shape index (κ2) is 12.8. The molecule has 0 aliphatic carbocycles. The zero-order valence-corrected chi connectivity index (χ0v) is 23.1. The van der Waals surface area contributed by atoms with Crippen molar-refractivity contribution in [1.82, 2.24) is 19.1 Å². The third kappa shape index (κ3) is 7.20. The van der Waals surface area contributed by atoms with E-state index in [0.29, 0.717) is 23.7 Å². The third-order valence-corrected chi connectivity index (χ3v) is 9.52. The van der Waals surface area contributed by atoms with Crippen molar-refractivity contribution in [3.8, 4) is 0 Å². The molecule has 2 aliphatic heterocycles. The highest BCUT2D eigenvalue weighted by atomic mass is 35.5. The Kier molecular flexibility index (Phi) is 9.79. The van der Waals surface area contributed by atoms with Gasteiger partial charge < -0.3 is 14.4 Å². The predicted octanol–water partition coefficient (Wildman–Crippen LogP) is 2.49. The number of carbonyl (C=O) groups excluding carboxylic acids is 1. The predicted molar refractivity (Wildman–Crippen MR) is 141 cm³/mol. The molecule has 12 heteroatoms. The van der Waals surface area contributed by atoms with Crippen LogP contribution in [0.5, 0.6) is 0 Å². The Morgan fingerprint density at radius 1 is 1.11 bits per heavy atom. The van der Waals surface area contributed by atoms with Gasteiger partial charge >= 0.3 is 0 Å². The van der Waals surface area contributed by atoms with E-state index < -0.39 is 16.1 Å². The number of hydrogen-bond donors (Lipinski definition) is 0. The van der Waals surface area contributed by atoms with Crippen LogP contribution in [-0.2, 0) is 30.7 Å². The quantitative estimate of drug-likeness (QED) is 0.457. The van der Waals surface area contributed by atoms with Crippen LogP contribution in [0.15, 0.2) is 41.6 Å². The molecule has 0 spiro atoms. The molecule has 37 heavy (non-hydrogen) atoms. The standard InChI is InChI=1S/C25H32Cl2N4O5S/c1-19-14-24(23(27)15-22(19)26)37(33,34)31-12-13-35-16-21(31)17-36-18-25(32)30-10-8-29(9-11-30)7-4-20-2-5-28-6-3-20/h2-3,5-6,14-15,21H,4,7-13,16-18H2,1H3/t21-/m0/s1. The van der Waals surface area contributed by atoms with Crippen molar-refractivity contribution in [3.63, 3.8) is 0 Å². The molecule has 4 rings (SSSR count). The fraction of sp³-hybridized carbons (Fsp3) is 0.520. The van der Waals surface area contributed by atoms with Crippen LogP contribution in [0, 0.1) is 6.92 Å². The number of morpholine rings is 1. The van der Waals surface area contributed by atoms with Crippen LogP contribution in [0.25, 0.3) is 0 Å². The van der Waals surface area contributed by atoms with Gasteiger partial charge in [0.2, 0.25) is 15.9 Å². The SMILES string of the molecule is Cc1cc(S(=O)(=O)N2CCOC[C@H]2COCC(=O)N2CCN(CCc3ccncc3)CC2)c(Cl)cc1Cl. The van der Waals surface area contributed by atoms with Gasteiger partial charge in [0.25, 0.3) is 0 Å². The Hall–Kier alpha value is -1.79. The molecule has 3 heterocycles. The summed E-state index contributed by atoms with van der Waals surface area (Å²) in [5.41, 5.74) is 1.87. The molecule has 0 N–H and O–H groups in total. The molecule has 9 nitrogen and oxygen atoms in total. The fourth-order valence-corrected chi connectivity index (χ4v) is 6.86. The Morgan fingerprint density at radius 3 is 2.57 bits per heavy atom. The summed E-state index contributed by atoms with van der Waals surface area (Å²) in [7, 11) is -3.91. The number of ether oxygens (including phenoxy) is 2. The van der Waals surface area contributed by atoms with Gasteiger partial charge in [0, 0.05) is 56.7 Å². The number of rotatable bonds is 9. The molecule has 1 atom stereocenters. The van der Waals surface area contributed by atoms with Crippen molar-refractivity contribution in [2.75, 3.05) is 65.7 Å². The summed E-state index contributed by atoms with van der Waals surface area (Å²) >= 11 is 12.3. The molecule has 0 unspecified atom stereocenters. The average molecular weight is 572 g/mol. The van der Waals surface area contributed by atoms with Gasteiger partial charge in [0.05, 0.1) is 30.9 Å². The lowest BCUT2D eigenvalue weighted by molar-refractivity contribution is -0.138. The Bertz CT molecular complexity index is 1180. The average Bonchev–Trinajstić information content (AvgIpc) is 2.90. The lowest BCUT2D eigenvalue weighted by Crippen LogP contribution is -2.52. The first-order valence-electron chi connectivity index (χ1n) is 12.3. The van der Waals surface area contributed by atoms with Crippen LogP contribution in [0.2, 0.25) is 10.0 Å². The molecule has 202 valence electrons. The summed E-state index contributed by atoms with van der Waals surface area (Å²) in [6.45, 7) is 6.10. The van der Waals surface area contributed by atoms with E-state index in [1.807, 2.05) is 12.1 Å². The van der Waals surface area contributed by atoms with Crippen molar-refractivity contribution in [3.05, 3.63) is 57.8 Å². The lowest BCUT2D eigenvalue weighted by atomic mass is 10.2. The maximum absolute atomic E-state index is 13.4. The van der Waals surface area contributed by atoms with Gasteiger partial charge in [0.15, 0.2) is 0 Å². The highest BCUT2D eigenvalue weighted by Crippen LogP contribution is 2.31. The minimum atomic E-state index is -3.91. The lowest BCUT2D eigenvalue weighted by Gasteiger charge is -2.36. The van der Waals surface area contributed by atoms with Crippen molar-refractivity contribution in [2.24, 2.45) is 0 Å². The van der Waals surface area contributed by atoms with E-state index in [0.717, 1.165) is 26.1 Å². The maximum atomic E-state index is 13.4. The molecule has 2 saturated heterocycles. The Balaban J connectivity index is 1.26. The van der Waals surface area contributed by atoms with Crippen molar-refractivity contribution >= 4 is 39.1 Å². The van der Waals surface area contributed by atoms with Gasteiger partial charge in [-0.25, -0.2) is 8.42 Å². The van der Waals surface area contributed by atoms with Crippen LogP contribution >= 0.6 is 23.2 Å². The number of piperazine rings is 1. The Morgan fingerprint density at radius 2 is 1.84 bits per heavy atom. The maximum Gasteiger partial charge on any atom is 0.248 e. The number of carbonyl (C=O) groups is 1. The number of aromatic nitrogens is 1. The first kappa shape index (κ1) is 28.2. The third-order valence-electron chi connectivity index (χ3n) is 6.70. The highest BCUT2D eigenvalue weighted by molar-refractivity contribution is 7.89. The van der Waals surface area contributed by atoms with Gasteiger partial charge in [0.1, 0.15) is 11.5 Å². The minimum absolute atomic E-state index is 0.000782. The van der Waals surface area contributed by atoms with Crippen LogP contribution in [0.1, 0.15) is 11.1 Å². The van der Waals surface area contributed by atoms with Crippen molar-refractivity contribution < 1.29 is 22.7 Å². The number of amides is 1. The second-order valence-electron chi connectivity index (χ2n) is 9.22. The van der Waals surface area contributed by atoms with E-state index >= 15 is 0 Å². The highest BCUT2D eigenvalue weighted by Gasteiger charge is 2.36. The summed E-state index contributed by atoms with van der Waals surface area (Å²) in [6, 6.07) is 6.39. The normalized spacial score (nSPS) is 19.8. The summed E-state index contributed by atoms with van der Waals surface area (Å²) < 4.78 is 39.4. The van der Waals surface area contributed by atoms with Gasteiger partial charge in [-0.2, -0.15) is 4.31 Å². The minimum Gasteiger partial charge on any atom is -0.378 e. The van der Waals surface area contributed by atoms with Crippen molar-refractivity contribution in [2.45, 2.75) is 24.3 Å². The fourth-order valence-electron chi connectivity index (χ4n) is 4.47. The molecule has 2 aliphatic rings. The molecule has 1 aromatic carbocycles. The smallest absolute Gasteiger partial charge is 0.248 e. The van der Waals surface area contributed by atoms with Gasteiger partial charge in [-0.3, -0.25) is 14.7 Å². The molecular formula is C25H32Cl2N4O5S. The van der Waals surface area contributed by atoms with E-state index in [9.17, 15) is 13.2 Å². The molecule has 0 radical (unpaired) electrons. The summed E-state index contributed by atoms with van der Waals surface area (Å²) in [4.78, 5) is 20.9. The van der Waals surface area contributed by atoms with Crippen LogP contribution in [0.3, 0.4) is 0 Å². The van der Waals surface area contributed by atoms with Crippen LogP contribution in [0.4, 0.5) is 0 Å². The number of aryl methyl sites for hydroxylation is 1. The molecule has 1 aromatic heterocycles. The van der Waals surface area contributed by atoms with E-state index in [4.69, 9.17) is 32.7 Å². The van der Waals surface area contributed by atoms with Crippen LogP contribution < -0.4 is 0 Å². The molecule has 0 saturated carbocycles. The van der Waals surface area contributed by atoms with E-state index in [1.165, 1.54) is 22.0 Å². The first-order valence-corrected chi connectivity index (χ1v) is 14.5. The topological polar surface area (TPSA) is 92.3 Å². The van der Waals surface area contributed by atoms with Gasteiger partial charge in [-0.05, 0) is 48.7 Å². The summed E-state index contributed by atoms with van der Waals surface area (Å²) in [5.74, 6) is -0.101. The Labute approximate surface area is 228 Å². The van der Waals surface area contributed by atoms with E-state index in [1.54, 1.807) is 24.2 Å². The van der Waals surface area contributed by atoms with E-state index in [-0.39, 0.29) is 48.8 Å². The number of halogens is 2. The van der Waals surface area contributed by atoms with E-state index in [2.05, 4.69) is 9.88 Å². The largest absolute Gasteiger partial charge is 0.378 e. The molecular weight excluding hydrogens is 539 g/mol. The number of sulfonamides is 1. The number of pyridine rings is 1. The molecule has 0 bridgehead atoms. The summed E-state index contributed by atoms with van der Waals surface area (Å²) in [5, 5.41) is 0.468. The zero-order chi connectivity index (χ0) is 26.4. The molecule has 2 fully saturated rings. The molecule has 2 aromatic rings. The van der Waals surface area contributed by atoms with Gasteiger partial charge in [-0.15, -0.1) is 0 Å². The second-order valence-corrected chi connectivity index (χ2v) is 11.9.